The average molecular weight is 251 g/mol. The normalized spacial score (nSPS) is 20.9. The molecule has 5 heteroatoms. The van der Waals surface area contributed by atoms with E-state index in [-0.39, 0.29) is 35.8 Å². The number of hydrogen-bond acceptors (Lipinski definition) is 3. The summed E-state index contributed by atoms with van der Waals surface area (Å²) >= 11 is 0. The van der Waals surface area contributed by atoms with E-state index in [1.165, 1.54) is 0 Å². The highest BCUT2D eigenvalue weighted by Gasteiger charge is 2.49. The van der Waals surface area contributed by atoms with Crippen LogP contribution in [0.2, 0.25) is 0 Å². The van der Waals surface area contributed by atoms with Crippen molar-refractivity contribution in [3.05, 3.63) is 0 Å². The van der Waals surface area contributed by atoms with Crippen LogP contribution in [0.25, 0.3) is 0 Å². The molecule has 96 valence electrons. The highest BCUT2D eigenvalue weighted by molar-refractivity contribution is 5.85. The smallest absolute Gasteiger partial charge is 0.236 e. The molecular weight excluding hydrogens is 228 g/mol. The molecule has 1 aliphatic rings. The van der Waals surface area contributed by atoms with Gasteiger partial charge in [-0.15, -0.1) is 12.4 Å². The summed E-state index contributed by atoms with van der Waals surface area (Å²) in [5.41, 5.74) is 5.36. The molecule has 0 radical (unpaired) electrons. The minimum atomic E-state index is -0.475. The number of amides is 1. The summed E-state index contributed by atoms with van der Waals surface area (Å²) < 4.78 is 0. The fraction of sp³-hybridized carbons (Fsp3) is 0.909. The number of hydrogen-bond donors (Lipinski definition) is 3. The highest BCUT2D eigenvalue weighted by Crippen LogP contribution is 2.50. The van der Waals surface area contributed by atoms with Crippen molar-refractivity contribution < 1.29 is 9.90 Å². The van der Waals surface area contributed by atoms with Gasteiger partial charge in [-0.1, -0.05) is 13.8 Å². The van der Waals surface area contributed by atoms with E-state index in [1.807, 2.05) is 13.8 Å². The number of rotatable bonds is 5. The molecule has 1 fully saturated rings. The predicted molar refractivity (Wildman–Crippen MR) is 66.4 cm³/mol. The average Bonchev–Trinajstić information content (AvgIpc) is 2.93. The molecule has 0 spiro atoms. The number of halogens is 1. The van der Waals surface area contributed by atoms with Crippen LogP contribution in [0.15, 0.2) is 0 Å². The monoisotopic (exact) mass is 250 g/mol. The summed E-state index contributed by atoms with van der Waals surface area (Å²) in [5.74, 6) is 0.0944. The van der Waals surface area contributed by atoms with Crippen LogP contribution in [0.3, 0.4) is 0 Å². The Labute approximate surface area is 103 Å². The lowest BCUT2D eigenvalue weighted by molar-refractivity contribution is -0.122. The molecule has 0 aromatic carbocycles. The van der Waals surface area contributed by atoms with Crippen LogP contribution in [0.5, 0.6) is 0 Å². The van der Waals surface area contributed by atoms with Crippen molar-refractivity contribution in [3.63, 3.8) is 0 Å². The topological polar surface area (TPSA) is 75.4 Å². The lowest BCUT2D eigenvalue weighted by atomic mass is 9.90. The van der Waals surface area contributed by atoms with Gasteiger partial charge in [-0.25, -0.2) is 0 Å². The number of carbonyl (C=O) groups excluding carboxylic acids is 1. The number of aliphatic hydroxyl groups is 1. The summed E-state index contributed by atoms with van der Waals surface area (Å²) in [6.07, 6.45) is 1.66. The molecule has 1 rings (SSSR count). The maximum absolute atomic E-state index is 11.3. The van der Waals surface area contributed by atoms with E-state index in [0.717, 1.165) is 12.8 Å². The molecule has 1 saturated carbocycles. The van der Waals surface area contributed by atoms with E-state index in [1.54, 1.807) is 6.92 Å². The third kappa shape index (κ3) is 3.61. The van der Waals surface area contributed by atoms with Gasteiger partial charge in [0.05, 0.1) is 12.1 Å². The summed E-state index contributed by atoms with van der Waals surface area (Å²) in [6.45, 7) is 6.21. The molecule has 2 atom stereocenters. The van der Waals surface area contributed by atoms with Crippen LogP contribution < -0.4 is 11.1 Å². The molecule has 2 unspecified atom stereocenters. The van der Waals surface area contributed by atoms with Gasteiger partial charge < -0.3 is 16.2 Å². The fourth-order valence-corrected chi connectivity index (χ4v) is 1.87. The molecule has 16 heavy (non-hydrogen) atoms. The van der Waals surface area contributed by atoms with Gasteiger partial charge in [0, 0.05) is 12.0 Å². The zero-order chi connectivity index (χ0) is 11.6. The van der Waals surface area contributed by atoms with Gasteiger partial charge in [-0.2, -0.15) is 0 Å². The van der Waals surface area contributed by atoms with E-state index in [4.69, 9.17) is 5.73 Å². The van der Waals surface area contributed by atoms with Gasteiger partial charge in [-0.05, 0) is 25.7 Å². The maximum Gasteiger partial charge on any atom is 0.236 e. The number of nitrogens with two attached hydrogens (primary N) is 1. The molecule has 0 saturated heterocycles. The summed E-state index contributed by atoms with van der Waals surface area (Å²) in [7, 11) is 0. The van der Waals surface area contributed by atoms with E-state index in [2.05, 4.69) is 5.32 Å². The third-order valence-corrected chi connectivity index (χ3v) is 3.18. The number of nitrogens with one attached hydrogen (secondary N) is 1. The first-order valence-electron chi connectivity index (χ1n) is 5.60. The predicted octanol–water partition coefficient (Wildman–Crippen LogP) is 0.669. The summed E-state index contributed by atoms with van der Waals surface area (Å²) in [5, 5.41) is 12.8. The highest BCUT2D eigenvalue weighted by atomic mass is 35.5. The lowest BCUT2D eigenvalue weighted by Gasteiger charge is -2.26. The van der Waals surface area contributed by atoms with E-state index in [0.29, 0.717) is 6.54 Å². The summed E-state index contributed by atoms with van der Waals surface area (Å²) in [6, 6.07) is -0.475. The molecule has 0 aromatic heterocycles. The van der Waals surface area contributed by atoms with Gasteiger partial charge >= 0.3 is 0 Å². The van der Waals surface area contributed by atoms with Crippen molar-refractivity contribution >= 4 is 18.3 Å². The fourth-order valence-electron chi connectivity index (χ4n) is 1.87. The first kappa shape index (κ1) is 15.7. The standard InChI is InChI=1S/C11H22N2O2.ClH/c1-7(2)9(14)11(4-5-11)6-13-10(15)8(3)12;/h7-9,14H,4-6,12H2,1-3H3,(H,13,15);1H. The third-order valence-electron chi connectivity index (χ3n) is 3.18. The molecule has 1 amide bonds. The van der Waals surface area contributed by atoms with Crippen LogP contribution in [0, 0.1) is 11.3 Å². The van der Waals surface area contributed by atoms with Crippen LogP contribution in [0.1, 0.15) is 33.6 Å². The second kappa shape index (κ2) is 5.84. The zero-order valence-corrected chi connectivity index (χ0v) is 11.0. The van der Waals surface area contributed by atoms with Crippen LogP contribution in [-0.2, 0) is 4.79 Å². The molecule has 4 N–H and O–H groups in total. The van der Waals surface area contributed by atoms with Crippen LogP contribution >= 0.6 is 12.4 Å². The Balaban J connectivity index is 0.00000225. The van der Waals surface area contributed by atoms with Gasteiger partial charge in [0.2, 0.25) is 5.91 Å². The van der Waals surface area contributed by atoms with Crippen molar-refractivity contribution in [2.45, 2.75) is 45.8 Å². The van der Waals surface area contributed by atoms with Gasteiger partial charge in [0.15, 0.2) is 0 Å². The van der Waals surface area contributed by atoms with Gasteiger partial charge in [0.25, 0.3) is 0 Å². The molecule has 4 nitrogen and oxygen atoms in total. The Kier molecular flexibility index (Phi) is 5.73. The Morgan fingerprint density at radius 1 is 1.44 bits per heavy atom. The molecule has 0 aromatic rings. The maximum atomic E-state index is 11.3. The van der Waals surface area contributed by atoms with E-state index < -0.39 is 6.04 Å². The molecule has 0 bridgehead atoms. The van der Waals surface area contributed by atoms with Crippen LogP contribution in [0.4, 0.5) is 0 Å². The first-order valence-corrected chi connectivity index (χ1v) is 5.60. The van der Waals surface area contributed by atoms with E-state index in [9.17, 15) is 9.90 Å². The van der Waals surface area contributed by atoms with Crippen LogP contribution in [-0.4, -0.2) is 29.7 Å². The summed E-state index contributed by atoms with van der Waals surface area (Å²) in [4.78, 5) is 11.3. The zero-order valence-electron chi connectivity index (χ0n) is 10.2. The van der Waals surface area contributed by atoms with E-state index >= 15 is 0 Å². The van der Waals surface area contributed by atoms with Crippen molar-refractivity contribution in [1.82, 2.24) is 5.32 Å². The first-order chi connectivity index (χ1) is 6.89. The van der Waals surface area contributed by atoms with Crippen molar-refractivity contribution in [3.8, 4) is 0 Å². The molecule has 0 aliphatic heterocycles. The largest absolute Gasteiger partial charge is 0.392 e. The molecule has 0 heterocycles. The molecular formula is C11H23ClN2O2. The van der Waals surface area contributed by atoms with Crippen molar-refractivity contribution in [2.75, 3.05) is 6.54 Å². The SMILES string of the molecule is CC(N)C(=O)NCC1(C(O)C(C)C)CC1.Cl. The van der Waals surface area contributed by atoms with Crippen molar-refractivity contribution in [2.24, 2.45) is 17.1 Å². The minimum absolute atomic E-state index is 0. The second-order valence-electron chi connectivity index (χ2n) is 5.06. The van der Waals surface area contributed by atoms with Gasteiger partial charge in [0.1, 0.15) is 0 Å². The Hall–Kier alpha value is -0.320. The minimum Gasteiger partial charge on any atom is -0.392 e. The lowest BCUT2D eigenvalue weighted by Crippen LogP contribution is -2.44. The van der Waals surface area contributed by atoms with Gasteiger partial charge in [-0.3, -0.25) is 4.79 Å². The number of aliphatic hydroxyl groups excluding tert-OH is 1. The second-order valence-corrected chi connectivity index (χ2v) is 5.06. The Morgan fingerprint density at radius 3 is 2.25 bits per heavy atom. The Bertz CT molecular complexity index is 240. The Morgan fingerprint density at radius 2 is 1.94 bits per heavy atom. The number of carbonyl (C=O) groups is 1. The molecule has 1 aliphatic carbocycles. The van der Waals surface area contributed by atoms with Crippen molar-refractivity contribution in [1.29, 1.82) is 0 Å². The quantitative estimate of drug-likeness (QED) is 0.671.